The highest BCUT2D eigenvalue weighted by Gasteiger charge is 2.04. The first-order chi connectivity index (χ1) is 9.22. The minimum Gasteiger partial charge on any atom is -0.384 e. The summed E-state index contributed by atoms with van der Waals surface area (Å²) in [6.07, 6.45) is 3.45. The lowest BCUT2D eigenvalue weighted by molar-refractivity contribution is 1.19. The van der Waals surface area contributed by atoms with Crippen molar-refractivity contribution in [3.63, 3.8) is 0 Å². The molecular formula is C14H13ClN4. The van der Waals surface area contributed by atoms with Gasteiger partial charge in [-0.15, -0.1) is 0 Å². The van der Waals surface area contributed by atoms with Crippen molar-refractivity contribution in [1.82, 2.24) is 4.98 Å². The van der Waals surface area contributed by atoms with Gasteiger partial charge < -0.3 is 10.6 Å². The molecule has 0 saturated carbocycles. The van der Waals surface area contributed by atoms with Crippen LogP contribution in [0.1, 0.15) is 12.5 Å². The maximum atomic E-state index is 9.07. The lowest BCUT2D eigenvalue weighted by Crippen LogP contribution is -1.99. The van der Waals surface area contributed by atoms with Crippen LogP contribution in [0.3, 0.4) is 0 Å². The van der Waals surface area contributed by atoms with Gasteiger partial charge in [0.05, 0.1) is 35.0 Å². The Balaban J connectivity index is 2.28. The predicted octanol–water partition coefficient (Wildman–Crippen LogP) is 3.78. The van der Waals surface area contributed by atoms with Crippen LogP contribution in [0.15, 0.2) is 36.7 Å². The maximum Gasteiger partial charge on any atom is 0.101 e. The van der Waals surface area contributed by atoms with Crippen LogP contribution in [0.5, 0.6) is 0 Å². The molecule has 0 aliphatic heterocycles. The van der Waals surface area contributed by atoms with Crippen LogP contribution in [0.4, 0.5) is 17.1 Å². The molecule has 19 heavy (non-hydrogen) atoms. The average Bonchev–Trinajstić information content (AvgIpc) is 2.40. The molecule has 2 N–H and O–H groups in total. The van der Waals surface area contributed by atoms with E-state index in [1.165, 1.54) is 0 Å². The van der Waals surface area contributed by atoms with Gasteiger partial charge in [-0.1, -0.05) is 11.6 Å². The molecule has 0 unspecified atom stereocenters. The molecule has 0 bridgehead atoms. The van der Waals surface area contributed by atoms with E-state index in [0.717, 1.165) is 17.9 Å². The van der Waals surface area contributed by atoms with Crippen molar-refractivity contribution in [2.24, 2.45) is 0 Å². The van der Waals surface area contributed by atoms with Gasteiger partial charge in [-0.3, -0.25) is 4.98 Å². The SMILES string of the molecule is CCNc1cncc(Nc2cc(Cl)ccc2C#N)c1. The number of nitrogens with zero attached hydrogens (tertiary/aromatic N) is 2. The van der Waals surface area contributed by atoms with E-state index in [2.05, 4.69) is 21.7 Å². The van der Waals surface area contributed by atoms with Gasteiger partial charge in [0, 0.05) is 11.6 Å². The van der Waals surface area contributed by atoms with Crippen LogP contribution < -0.4 is 10.6 Å². The van der Waals surface area contributed by atoms with E-state index >= 15 is 0 Å². The maximum absolute atomic E-state index is 9.07. The molecular weight excluding hydrogens is 260 g/mol. The Labute approximate surface area is 117 Å². The first kappa shape index (κ1) is 13.2. The van der Waals surface area contributed by atoms with Crippen molar-refractivity contribution in [2.75, 3.05) is 17.2 Å². The minimum absolute atomic E-state index is 0.540. The fourth-order valence-electron chi connectivity index (χ4n) is 1.68. The highest BCUT2D eigenvalue weighted by atomic mass is 35.5. The van der Waals surface area contributed by atoms with E-state index in [4.69, 9.17) is 16.9 Å². The topological polar surface area (TPSA) is 60.7 Å². The van der Waals surface area contributed by atoms with Crippen molar-refractivity contribution in [3.8, 4) is 6.07 Å². The molecule has 0 aliphatic rings. The van der Waals surface area contributed by atoms with Crippen molar-refractivity contribution in [3.05, 3.63) is 47.2 Å². The number of pyridine rings is 1. The second kappa shape index (κ2) is 6.07. The first-order valence-electron chi connectivity index (χ1n) is 5.88. The van der Waals surface area contributed by atoms with Crippen LogP contribution in [0.25, 0.3) is 0 Å². The van der Waals surface area contributed by atoms with Gasteiger partial charge in [-0.05, 0) is 31.2 Å². The fraction of sp³-hybridized carbons (Fsp3) is 0.143. The Hall–Kier alpha value is -2.25. The van der Waals surface area contributed by atoms with Crippen LogP contribution in [0, 0.1) is 11.3 Å². The molecule has 0 atom stereocenters. The molecule has 0 spiro atoms. The summed E-state index contributed by atoms with van der Waals surface area (Å²) in [7, 11) is 0. The summed E-state index contributed by atoms with van der Waals surface area (Å²) in [5.74, 6) is 0. The van der Waals surface area contributed by atoms with Gasteiger partial charge in [0.1, 0.15) is 6.07 Å². The Morgan fingerprint density at radius 1 is 1.26 bits per heavy atom. The predicted molar refractivity (Wildman–Crippen MR) is 77.9 cm³/mol. The first-order valence-corrected chi connectivity index (χ1v) is 6.26. The van der Waals surface area contributed by atoms with Gasteiger partial charge in [-0.25, -0.2) is 0 Å². The molecule has 0 amide bonds. The zero-order valence-electron chi connectivity index (χ0n) is 10.4. The molecule has 4 nitrogen and oxygen atoms in total. The summed E-state index contributed by atoms with van der Waals surface area (Å²) >= 11 is 5.94. The Bertz CT molecular complexity index is 619. The number of anilines is 3. The molecule has 2 aromatic rings. The Morgan fingerprint density at radius 2 is 2.05 bits per heavy atom. The number of nitrogens with one attached hydrogen (secondary N) is 2. The van der Waals surface area contributed by atoms with Gasteiger partial charge in [-0.2, -0.15) is 5.26 Å². The molecule has 96 valence electrons. The summed E-state index contributed by atoms with van der Waals surface area (Å²) in [5.41, 5.74) is 2.94. The van der Waals surface area contributed by atoms with E-state index in [1.54, 1.807) is 30.6 Å². The largest absolute Gasteiger partial charge is 0.384 e. The third-order valence-electron chi connectivity index (χ3n) is 2.50. The normalized spacial score (nSPS) is 9.74. The smallest absolute Gasteiger partial charge is 0.101 e. The molecule has 2 rings (SSSR count). The van der Waals surface area contributed by atoms with E-state index in [9.17, 15) is 0 Å². The third-order valence-corrected chi connectivity index (χ3v) is 2.74. The van der Waals surface area contributed by atoms with E-state index < -0.39 is 0 Å². The minimum atomic E-state index is 0.540. The van der Waals surface area contributed by atoms with Crippen LogP contribution in [-0.2, 0) is 0 Å². The Morgan fingerprint density at radius 3 is 2.79 bits per heavy atom. The van der Waals surface area contributed by atoms with E-state index in [-0.39, 0.29) is 0 Å². The van der Waals surface area contributed by atoms with Crippen molar-refractivity contribution in [2.45, 2.75) is 6.92 Å². The molecule has 5 heteroatoms. The van der Waals surface area contributed by atoms with Crippen molar-refractivity contribution >= 4 is 28.7 Å². The summed E-state index contributed by atoms with van der Waals surface area (Å²) in [5, 5.41) is 16.0. The zero-order chi connectivity index (χ0) is 13.7. The monoisotopic (exact) mass is 272 g/mol. The van der Waals surface area contributed by atoms with Crippen LogP contribution in [0.2, 0.25) is 5.02 Å². The quantitative estimate of drug-likeness (QED) is 0.889. The van der Waals surface area contributed by atoms with Gasteiger partial charge in [0.2, 0.25) is 0 Å². The number of halogens is 1. The second-order valence-electron chi connectivity index (χ2n) is 3.92. The van der Waals surface area contributed by atoms with Crippen molar-refractivity contribution < 1.29 is 0 Å². The molecule has 1 heterocycles. The van der Waals surface area contributed by atoms with Crippen LogP contribution in [-0.4, -0.2) is 11.5 Å². The highest BCUT2D eigenvalue weighted by molar-refractivity contribution is 6.30. The second-order valence-corrected chi connectivity index (χ2v) is 4.36. The average molecular weight is 273 g/mol. The molecule has 0 fully saturated rings. The molecule has 0 saturated heterocycles. The molecule has 1 aromatic carbocycles. The Kier molecular flexibility index (Phi) is 4.22. The zero-order valence-corrected chi connectivity index (χ0v) is 11.2. The molecule has 1 aromatic heterocycles. The third kappa shape index (κ3) is 3.36. The van der Waals surface area contributed by atoms with Gasteiger partial charge in [0.15, 0.2) is 0 Å². The number of hydrogen-bond donors (Lipinski definition) is 2. The number of benzene rings is 1. The summed E-state index contributed by atoms with van der Waals surface area (Å²) in [6.45, 7) is 2.84. The highest BCUT2D eigenvalue weighted by Crippen LogP contribution is 2.25. The number of rotatable bonds is 4. The van der Waals surface area contributed by atoms with Gasteiger partial charge >= 0.3 is 0 Å². The molecule has 0 radical (unpaired) electrons. The fourth-order valence-corrected chi connectivity index (χ4v) is 1.85. The summed E-state index contributed by atoms with van der Waals surface area (Å²) in [6, 6.07) is 9.16. The number of aromatic nitrogens is 1. The summed E-state index contributed by atoms with van der Waals surface area (Å²) in [4.78, 5) is 4.14. The summed E-state index contributed by atoms with van der Waals surface area (Å²) < 4.78 is 0. The van der Waals surface area contributed by atoms with Crippen LogP contribution >= 0.6 is 11.6 Å². The van der Waals surface area contributed by atoms with E-state index in [0.29, 0.717) is 16.3 Å². The number of nitriles is 1. The molecule has 0 aliphatic carbocycles. The van der Waals surface area contributed by atoms with Gasteiger partial charge in [0.25, 0.3) is 0 Å². The standard InChI is InChI=1S/C14H13ClN4/c1-2-18-12-6-13(9-17-8-12)19-14-5-11(15)4-3-10(14)7-16/h3-6,8-9,18-19H,2H2,1H3. The lowest BCUT2D eigenvalue weighted by atomic mass is 10.2. The van der Waals surface area contributed by atoms with Crippen molar-refractivity contribution in [1.29, 1.82) is 5.26 Å². The van der Waals surface area contributed by atoms with E-state index in [1.807, 2.05) is 13.0 Å². The lowest BCUT2D eigenvalue weighted by Gasteiger charge is -2.10. The number of hydrogen-bond acceptors (Lipinski definition) is 4.